The minimum absolute atomic E-state index is 0.0675. The number of aliphatic carboxylic acids is 1. The molecular formula is C11H10ClNO3S. The zero-order valence-corrected chi connectivity index (χ0v) is 10.6. The van der Waals surface area contributed by atoms with Crippen LogP contribution in [0.15, 0.2) is 18.2 Å². The van der Waals surface area contributed by atoms with E-state index in [4.69, 9.17) is 22.0 Å². The molecule has 0 aliphatic carbocycles. The average molecular weight is 272 g/mol. The molecule has 0 bridgehead atoms. The van der Waals surface area contributed by atoms with E-state index < -0.39 is 22.0 Å². The number of hydrogen-bond acceptors (Lipinski definition) is 3. The highest BCUT2D eigenvalue weighted by molar-refractivity contribution is 7.85. The SMILES string of the molecule is CC(C(=O)O)S(=O)Cc1ccc(C#N)cc1Cl. The molecule has 0 radical (unpaired) electrons. The summed E-state index contributed by atoms with van der Waals surface area (Å²) in [5.41, 5.74) is 0.993. The lowest BCUT2D eigenvalue weighted by Gasteiger charge is -2.08. The van der Waals surface area contributed by atoms with Crippen molar-refractivity contribution in [3.05, 3.63) is 34.3 Å². The second-order valence-corrected chi connectivity index (χ2v) is 5.59. The minimum Gasteiger partial charge on any atom is -0.480 e. The first-order chi connectivity index (χ1) is 7.95. The van der Waals surface area contributed by atoms with E-state index in [9.17, 15) is 9.00 Å². The number of nitriles is 1. The number of carboxylic acid groups (broad SMARTS) is 1. The fourth-order valence-electron chi connectivity index (χ4n) is 1.12. The van der Waals surface area contributed by atoms with Crippen molar-refractivity contribution in [3.8, 4) is 6.07 Å². The predicted octanol–water partition coefficient (Wildman–Crippen LogP) is 1.93. The van der Waals surface area contributed by atoms with Crippen LogP contribution in [0, 0.1) is 11.3 Å². The Hall–Kier alpha value is -1.38. The van der Waals surface area contributed by atoms with Crippen molar-refractivity contribution in [2.75, 3.05) is 0 Å². The van der Waals surface area contributed by atoms with Crippen LogP contribution in [0.2, 0.25) is 5.02 Å². The maximum Gasteiger partial charge on any atom is 0.318 e. The van der Waals surface area contributed by atoms with Gasteiger partial charge in [-0.3, -0.25) is 9.00 Å². The van der Waals surface area contributed by atoms with Gasteiger partial charge in [0.2, 0.25) is 0 Å². The molecule has 90 valence electrons. The Morgan fingerprint density at radius 1 is 1.65 bits per heavy atom. The number of hydrogen-bond donors (Lipinski definition) is 1. The van der Waals surface area contributed by atoms with Gasteiger partial charge in [0.15, 0.2) is 0 Å². The standard InChI is InChI=1S/C11H10ClNO3S/c1-7(11(14)15)17(16)6-9-3-2-8(5-13)4-10(9)12/h2-4,7H,6H2,1H3,(H,14,15). The van der Waals surface area contributed by atoms with Crippen LogP contribution in [-0.2, 0) is 21.3 Å². The highest BCUT2D eigenvalue weighted by atomic mass is 35.5. The van der Waals surface area contributed by atoms with E-state index in [0.717, 1.165) is 0 Å². The van der Waals surface area contributed by atoms with Crippen molar-refractivity contribution in [2.45, 2.75) is 17.9 Å². The molecule has 1 N–H and O–H groups in total. The van der Waals surface area contributed by atoms with Crippen molar-refractivity contribution in [2.24, 2.45) is 0 Å². The summed E-state index contributed by atoms with van der Waals surface area (Å²) in [6, 6.07) is 6.56. The predicted molar refractivity (Wildman–Crippen MR) is 65.1 cm³/mol. The molecule has 0 spiro atoms. The highest BCUT2D eigenvalue weighted by Gasteiger charge is 2.19. The smallest absolute Gasteiger partial charge is 0.318 e. The number of nitrogens with zero attached hydrogens (tertiary/aromatic N) is 1. The number of halogens is 1. The topological polar surface area (TPSA) is 78.2 Å². The van der Waals surface area contributed by atoms with Gasteiger partial charge in [-0.1, -0.05) is 17.7 Å². The van der Waals surface area contributed by atoms with Gasteiger partial charge in [-0.15, -0.1) is 0 Å². The molecule has 0 fully saturated rings. The van der Waals surface area contributed by atoms with Gasteiger partial charge in [-0.2, -0.15) is 5.26 Å². The second-order valence-electron chi connectivity index (χ2n) is 3.42. The Labute approximate surface area is 106 Å². The molecule has 0 saturated carbocycles. The summed E-state index contributed by atoms with van der Waals surface area (Å²) in [7, 11) is -1.53. The molecule has 17 heavy (non-hydrogen) atoms. The van der Waals surface area contributed by atoms with Gasteiger partial charge in [-0.05, 0) is 24.6 Å². The van der Waals surface area contributed by atoms with E-state index in [-0.39, 0.29) is 5.75 Å². The number of carbonyl (C=O) groups is 1. The third-order valence-electron chi connectivity index (χ3n) is 2.22. The van der Waals surface area contributed by atoms with E-state index in [0.29, 0.717) is 16.1 Å². The summed E-state index contributed by atoms with van der Waals surface area (Å²) in [5.74, 6) is -1.04. The van der Waals surface area contributed by atoms with Gasteiger partial charge in [0.25, 0.3) is 0 Å². The zero-order valence-electron chi connectivity index (χ0n) is 9.01. The molecule has 2 atom stereocenters. The van der Waals surface area contributed by atoms with Crippen molar-refractivity contribution in [3.63, 3.8) is 0 Å². The third-order valence-corrected chi connectivity index (χ3v) is 4.16. The molecule has 6 heteroatoms. The van der Waals surface area contributed by atoms with Crippen LogP contribution in [0.4, 0.5) is 0 Å². The molecule has 0 amide bonds. The van der Waals surface area contributed by atoms with Crippen LogP contribution >= 0.6 is 11.6 Å². The Bertz CT molecular complexity index is 510. The van der Waals surface area contributed by atoms with Crippen molar-refractivity contribution >= 4 is 28.4 Å². The molecule has 1 aromatic rings. The maximum atomic E-state index is 11.7. The molecular weight excluding hydrogens is 262 g/mol. The van der Waals surface area contributed by atoms with Crippen molar-refractivity contribution in [1.82, 2.24) is 0 Å². The lowest BCUT2D eigenvalue weighted by atomic mass is 10.2. The van der Waals surface area contributed by atoms with E-state index in [1.165, 1.54) is 13.0 Å². The van der Waals surface area contributed by atoms with Gasteiger partial charge in [0.05, 0.1) is 17.4 Å². The normalized spacial score (nSPS) is 13.7. The van der Waals surface area contributed by atoms with Gasteiger partial charge in [-0.25, -0.2) is 0 Å². The maximum absolute atomic E-state index is 11.7. The van der Waals surface area contributed by atoms with Crippen LogP contribution in [0.5, 0.6) is 0 Å². The average Bonchev–Trinajstić information content (AvgIpc) is 2.30. The highest BCUT2D eigenvalue weighted by Crippen LogP contribution is 2.20. The second kappa shape index (κ2) is 5.80. The quantitative estimate of drug-likeness (QED) is 0.908. The Balaban J connectivity index is 2.87. The molecule has 4 nitrogen and oxygen atoms in total. The molecule has 0 aliphatic rings. The number of benzene rings is 1. The largest absolute Gasteiger partial charge is 0.480 e. The van der Waals surface area contributed by atoms with Crippen molar-refractivity contribution < 1.29 is 14.1 Å². The molecule has 0 aliphatic heterocycles. The van der Waals surface area contributed by atoms with E-state index in [1.54, 1.807) is 12.1 Å². The van der Waals surface area contributed by atoms with E-state index in [1.807, 2.05) is 6.07 Å². The summed E-state index contributed by atoms with van der Waals surface area (Å²) in [5, 5.41) is 16.7. The molecule has 0 aromatic heterocycles. The summed E-state index contributed by atoms with van der Waals surface area (Å²) in [6.07, 6.45) is 0. The van der Waals surface area contributed by atoms with Crippen LogP contribution in [-0.4, -0.2) is 20.5 Å². The van der Waals surface area contributed by atoms with Crippen molar-refractivity contribution in [1.29, 1.82) is 5.26 Å². The number of rotatable bonds is 4. The molecule has 2 unspecified atom stereocenters. The number of carboxylic acids is 1. The minimum atomic E-state index is -1.53. The monoisotopic (exact) mass is 271 g/mol. The first kappa shape index (κ1) is 13.7. The lowest BCUT2D eigenvalue weighted by Crippen LogP contribution is -2.22. The van der Waals surface area contributed by atoms with E-state index in [2.05, 4.69) is 0 Å². The van der Waals surface area contributed by atoms with Gasteiger partial charge < -0.3 is 5.11 Å². The summed E-state index contributed by atoms with van der Waals surface area (Å²) < 4.78 is 11.7. The summed E-state index contributed by atoms with van der Waals surface area (Å²) in [6.45, 7) is 1.38. The van der Waals surface area contributed by atoms with Gasteiger partial charge >= 0.3 is 5.97 Å². The molecule has 1 rings (SSSR count). The zero-order chi connectivity index (χ0) is 13.0. The fourth-order valence-corrected chi connectivity index (χ4v) is 2.48. The molecule has 1 aromatic carbocycles. The molecule has 0 saturated heterocycles. The van der Waals surface area contributed by atoms with Gasteiger partial charge in [0, 0.05) is 15.8 Å². The fraction of sp³-hybridized carbons (Fsp3) is 0.273. The Morgan fingerprint density at radius 3 is 2.76 bits per heavy atom. The van der Waals surface area contributed by atoms with Crippen LogP contribution in [0.25, 0.3) is 0 Å². The summed E-state index contributed by atoms with van der Waals surface area (Å²) >= 11 is 5.90. The third kappa shape index (κ3) is 3.55. The van der Waals surface area contributed by atoms with E-state index >= 15 is 0 Å². The Morgan fingerprint density at radius 2 is 2.29 bits per heavy atom. The Kier molecular flexibility index (Phi) is 4.67. The van der Waals surface area contributed by atoms with Crippen LogP contribution in [0.3, 0.4) is 0 Å². The lowest BCUT2D eigenvalue weighted by molar-refractivity contribution is -0.136. The first-order valence-corrected chi connectivity index (χ1v) is 6.50. The van der Waals surface area contributed by atoms with Crippen LogP contribution < -0.4 is 0 Å². The summed E-state index contributed by atoms with van der Waals surface area (Å²) in [4.78, 5) is 10.6. The molecule has 0 heterocycles. The van der Waals surface area contributed by atoms with Crippen LogP contribution in [0.1, 0.15) is 18.1 Å². The first-order valence-electron chi connectivity index (χ1n) is 4.74. The van der Waals surface area contributed by atoms with Gasteiger partial charge in [0.1, 0.15) is 5.25 Å².